The molecule has 3 aromatic rings. The highest BCUT2D eigenvalue weighted by Crippen LogP contribution is 2.18. The summed E-state index contributed by atoms with van der Waals surface area (Å²) in [5.41, 5.74) is 2.04. The number of nitrogens with zero attached hydrogens (tertiary/aromatic N) is 2. The number of hydrogen-bond acceptors (Lipinski definition) is 6. The van der Waals surface area contributed by atoms with E-state index in [0.29, 0.717) is 12.1 Å². The molecule has 0 aliphatic heterocycles. The van der Waals surface area contributed by atoms with Crippen LogP contribution in [-0.2, 0) is 6.54 Å². The van der Waals surface area contributed by atoms with Gasteiger partial charge in [-0.2, -0.15) is 0 Å². The first-order valence-electron chi connectivity index (χ1n) is 6.71. The molecule has 2 aromatic heterocycles. The lowest BCUT2D eigenvalue weighted by Crippen LogP contribution is -2.38. The Morgan fingerprint density at radius 2 is 1.96 bits per heavy atom. The van der Waals surface area contributed by atoms with Crippen molar-refractivity contribution >= 4 is 34.8 Å². The van der Waals surface area contributed by atoms with E-state index in [1.54, 1.807) is 35.6 Å². The van der Waals surface area contributed by atoms with Gasteiger partial charge in [0, 0.05) is 21.4 Å². The Balaban J connectivity index is 1.56. The molecule has 116 valence electrons. The molecule has 0 bridgehead atoms. The van der Waals surface area contributed by atoms with Gasteiger partial charge in [0.2, 0.25) is 0 Å². The third kappa shape index (κ3) is 3.99. The summed E-state index contributed by atoms with van der Waals surface area (Å²) >= 11 is 2.81. The number of hydrogen-bond donors (Lipinski definition) is 2. The van der Waals surface area contributed by atoms with Crippen LogP contribution >= 0.6 is 22.9 Å². The molecule has 1 aromatic carbocycles. The van der Waals surface area contributed by atoms with Crippen molar-refractivity contribution in [2.75, 3.05) is 0 Å². The average molecular weight is 344 g/mol. The number of carbonyl (C=O) groups is 2. The summed E-state index contributed by atoms with van der Waals surface area (Å²) < 4.78 is 3.80. The lowest BCUT2D eigenvalue weighted by molar-refractivity contribution is 0.0964. The number of nitrogens with one attached hydrogen (secondary N) is 2. The third-order valence-electron chi connectivity index (χ3n) is 3.03. The predicted octanol–water partition coefficient (Wildman–Crippen LogP) is 2.91. The van der Waals surface area contributed by atoms with Gasteiger partial charge in [-0.15, -0.1) is 16.4 Å². The Morgan fingerprint density at radius 1 is 1.13 bits per heavy atom. The van der Waals surface area contributed by atoms with Gasteiger partial charge in [0.1, 0.15) is 5.69 Å². The minimum atomic E-state index is -0.517. The second-order valence-electron chi connectivity index (χ2n) is 4.58. The zero-order chi connectivity index (χ0) is 16.1. The number of carbonyl (C=O) groups excluding carboxylic acids is 2. The molecule has 6 nitrogen and oxygen atoms in total. The Bertz CT molecular complexity index is 784. The van der Waals surface area contributed by atoms with Crippen molar-refractivity contribution in [2.45, 2.75) is 6.54 Å². The molecule has 0 spiro atoms. The fraction of sp³-hybridized carbons (Fsp3) is 0.0667. The van der Waals surface area contributed by atoms with Gasteiger partial charge < -0.3 is 5.32 Å². The summed E-state index contributed by atoms with van der Waals surface area (Å²) in [4.78, 5) is 24.8. The summed E-state index contributed by atoms with van der Waals surface area (Å²) in [5, 5.41) is 12.7. The molecule has 2 heterocycles. The monoisotopic (exact) mass is 344 g/mol. The predicted molar refractivity (Wildman–Crippen MR) is 89.4 cm³/mol. The zero-order valence-electron chi connectivity index (χ0n) is 11.9. The van der Waals surface area contributed by atoms with Crippen molar-refractivity contribution in [1.29, 1.82) is 0 Å². The molecule has 3 rings (SSSR count). The van der Waals surface area contributed by atoms with E-state index in [0.717, 1.165) is 16.1 Å². The number of benzene rings is 1. The second-order valence-corrected chi connectivity index (χ2v) is 6.23. The Morgan fingerprint density at radius 3 is 2.61 bits per heavy atom. The van der Waals surface area contributed by atoms with Crippen molar-refractivity contribution in [3.05, 3.63) is 57.6 Å². The molecule has 2 N–H and O–H groups in total. The standard InChI is InChI=1S/C15H12N4O2S2/c20-14(17-15(21)16-8-12-2-1-7-22-12)11-5-3-10(4-6-11)13-9-23-19-18-13/h1-7,9H,8H2,(H2,16,17,20,21). The van der Waals surface area contributed by atoms with Crippen molar-refractivity contribution in [1.82, 2.24) is 20.2 Å². The van der Waals surface area contributed by atoms with E-state index in [-0.39, 0.29) is 0 Å². The van der Waals surface area contributed by atoms with Crippen LogP contribution in [0.2, 0.25) is 0 Å². The molecule has 0 atom stereocenters. The van der Waals surface area contributed by atoms with Crippen molar-refractivity contribution in [2.24, 2.45) is 0 Å². The minimum absolute atomic E-state index is 0.395. The van der Waals surface area contributed by atoms with Gasteiger partial charge in [-0.25, -0.2) is 4.79 Å². The maximum Gasteiger partial charge on any atom is 0.322 e. The van der Waals surface area contributed by atoms with Gasteiger partial charge in [0.25, 0.3) is 5.91 Å². The van der Waals surface area contributed by atoms with E-state index in [1.165, 1.54) is 11.5 Å². The van der Waals surface area contributed by atoms with Gasteiger partial charge in [-0.1, -0.05) is 22.7 Å². The van der Waals surface area contributed by atoms with Crippen LogP contribution in [0.15, 0.2) is 47.2 Å². The lowest BCUT2D eigenvalue weighted by atomic mass is 10.1. The number of thiophene rings is 1. The first kappa shape index (κ1) is 15.3. The normalized spacial score (nSPS) is 10.3. The quantitative estimate of drug-likeness (QED) is 0.762. The first-order valence-corrected chi connectivity index (χ1v) is 8.43. The summed E-state index contributed by atoms with van der Waals surface area (Å²) in [5.74, 6) is -0.448. The molecule has 0 unspecified atom stereocenters. The molecule has 0 saturated carbocycles. The first-order chi connectivity index (χ1) is 11.2. The van der Waals surface area contributed by atoms with Crippen molar-refractivity contribution < 1.29 is 9.59 Å². The summed E-state index contributed by atoms with van der Waals surface area (Å²) in [6, 6.07) is 10.1. The maximum atomic E-state index is 12.0. The van der Waals surface area contributed by atoms with Crippen molar-refractivity contribution in [3.63, 3.8) is 0 Å². The highest BCUT2D eigenvalue weighted by atomic mass is 32.1. The van der Waals surface area contributed by atoms with E-state index >= 15 is 0 Å². The largest absolute Gasteiger partial charge is 0.333 e. The molecule has 8 heteroatoms. The number of imide groups is 1. The van der Waals surface area contributed by atoms with Gasteiger partial charge in [-0.3, -0.25) is 10.1 Å². The molecule has 23 heavy (non-hydrogen) atoms. The van der Waals surface area contributed by atoms with Gasteiger partial charge in [0.15, 0.2) is 0 Å². The Labute approximate surface area is 140 Å². The van der Waals surface area contributed by atoms with Crippen LogP contribution in [0.4, 0.5) is 4.79 Å². The summed E-state index contributed by atoms with van der Waals surface area (Å²) in [6.45, 7) is 0.395. The topological polar surface area (TPSA) is 84.0 Å². The molecule has 0 radical (unpaired) electrons. The molecule has 0 aliphatic carbocycles. The third-order valence-corrected chi connectivity index (χ3v) is 4.41. The Hall–Kier alpha value is -2.58. The van der Waals surface area contributed by atoms with E-state index in [2.05, 4.69) is 20.2 Å². The zero-order valence-corrected chi connectivity index (χ0v) is 13.5. The van der Waals surface area contributed by atoms with Crippen LogP contribution in [0.25, 0.3) is 11.3 Å². The molecule has 0 aliphatic rings. The second kappa shape index (κ2) is 7.12. The summed E-state index contributed by atoms with van der Waals surface area (Å²) in [7, 11) is 0. The van der Waals surface area contributed by atoms with Crippen LogP contribution in [0, 0.1) is 0 Å². The maximum absolute atomic E-state index is 12.0. The van der Waals surface area contributed by atoms with Crippen LogP contribution in [0.1, 0.15) is 15.2 Å². The van der Waals surface area contributed by atoms with Gasteiger partial charge in [-0.05, 0) is 35.1 Å². The van der Waals surface area contributed by atoms with E-state index < -0.39 is 11.9 Å². The van der Waals surface area contributed by atoms with Crippen LogP contribution in [-0.4, -0.2) is 21.5 Å². The van der Waals surface area contributed by atoms with Gasteiger partial charge >= 0.3 is 6.03 Å². The molecular weight excluding hydrogens is 332 g/mol. The van der Waals surface area contributed by atoms with Crippen LogP contribution in [0.5, 0.6) is 0 Å². The Kier molecular flexibility index (Phi) is 4.74. The fourth-order valence-electron chi connectivity index (χ4n) is 1.88. The summed E-state index contributed by atoms with van der Waals surface area (Å²) in [6.07, 6.45) is 0. The van der Waals surface area contributed by atoms with E-state index in [9.17, 15) is 9.59 Å². The van der Waals surface area contributed by atoms with Crippen molar-refractivity contribution in [3.8, 4) is 11.3 Å². The smallest absolute Gasteiger partial charge is 0.322 e. The molecule has 3 amide bonds. The number of rotatable bonds is 4. The van der Waals surface area contributed by atoms with Crippen LogP contribution in [0.3, 0.4) is 0 Å². The van der Waals surface area contributed by atoms with Gasteiger partial charge in [0.05, 0.1) is 6.54 Å². The van der Waals surface area contributed by atoms with Crippen LogP contribution < -0.4 is 10.6 Å². The highest BCUT2D eigenvalue weighted by molar-refractivity contribution is 7.09. The number of aromatic nitrogens is 2. The fourth-order valence-corrected chi connectivity index (χ4v) is 2.99. The van der Waals surface area contributed by atoms with E-state index in [4.69, 9.17) is 0 Å². The lowest BCUT2D eigenvalue weighted by Gasteiger charge is -2.06. The van der Waals surface area contributed by atoms with E-state index in [1.807, 2.05) is 22.9 Å². The highest BCUT2D eigenvalue weighted by Gasteiger charge is 2.10. The molecular formula is C15H12N4O2S2. The number of amides is 3. The SMILES string of the molecule is O=C(NCc1cccs1)NC(=O)c1ccc(-c2csnn2)cc1. The average Bonchev–Trinajstić information content (AvgIpc) is 3.26. The number of urea groups is 1. The minimum Gasteiger partial charge on any atom is -0.333 e. The molecule has 0 fully saturated rings. The molecule has 0 saturated heterocycles.